The third-order valence-corrected chi connectivity index (χ3v) is 12.4. The van der Waals surface area contributed by atoms with Crippen molar-refractivity contribution >= 4 is 32.7 Å². The Bertz CT molecular complexity index is 3660. The molecule has 0 radical (unpaired) electrons. The van der Waals surface area contributed by atoms with Gasteiger partial charge in [0.05, 0.1) is 0 Å². The van der Waals surface area contributed by atoms with Crippen LogP contribution < -0.4 is 0 Å². The first-order valence-corrected chi connectivity index (χ1v) is 21.9. The van der Waals surface area contributed by atoms with Crippen molar-refractivity contribution in [3.8, 4) is 89.8 Å². The molecule has 0 aliphatic rings. The van der Waals surface area contributed by atoms with E-state index >= 15 is 0 Å². The second-order valence-corrected chi connectivity index (χ2v) is 16.4. The zero-order valence-electron chi connectivity index (χ0n) is 35.3. The SMILES string of the molecule is c1ccc(-c2ccc(-c3ccc(-c4nc(-c5ccc6cc(-c7ccccc7)ccc6c5)nc(-c5cccc6oc7c(-c8ccc(-c9ccccc9)cc8)cccc7c56)n4)cc3)cc2)cc1. The highest BCUT2D eigenvalue weighted by Crippen LogP contribution is 2.41. The molecule has 0 saturated heterocycles. The maximum Gasteiger partial charge on any atom is 0.164 e. The van der Waals surface area contributed by atoms with Gasteiger partial charge in [-0.15, -0.1) is 0 Å². The molecular formula is C61H39N3O. The summed E-state index contributed by atoms with van der Waals surface area (Å²) in [5.41, 5.74) is 15.8. The molecule has 0 bridgehead atoms. The predicted molar refractivity (Wildman–Crippen MR) is 268 cm³/mol. The Labute approximate surface area is 376 Å². The summed E-state index contributed by atoms with van der Waals surface area (Å²) in [6.07, 6.45) is 0. The Balaban J connectivity index is 0.965. The first-order valence-electron chi connectivity index (χ1n) is 21.9. The van der Waals surface area contributed by atoms with Crippen molar-refractivity contribution in [2.24, 2.45) is 0 Å². The number of furan rings is 1. The monoisotopic (exact) mass is 829 g/mol. The first kappa shape index (κ1) is 38.0. The number of aromatic nitrogens is 3. The van der Waals surface area contributed by atoms with Gasteiger partial charge in [0, 0.05) is 33.0 Å². The molecular weight excluding hydrogens is 791 g/mol. The molecule has 12 aromatic rings. The highest BCUT2D eigenvalue weighted by molar-refractivity contribution is 6.15. The minimum absolute atomic E-state index is 0.580. The standard InChI is InChI=1S/C61H39N3O/c1-4-12-40(13-5-1)43-22-24-45(25-23-43)46-28-32-48(33-29-46)59-62-60(52-37-36-50-38-49(34-35-51(50)39-52)42-16-8-3-9-17-42)64-61(63-59)55-20-11-21-56-57(55)54-19-10-18-53(58(54)65-56)47-30-26-44(27-31-47)41-14-6-2-7-15-41/h1-39H. The average Bonchev–Trinajstić information content (AvgIpc) is 3.79. The van der Waals surface area contributed by atoms with Crippen LogP contribution in [-0.2, 0) is 0 Å². The van der Waals surface area contributed by atoms with Gasteiger partial charge in [-0.05, 0) is 79.0 Å². The average molecular weight is 830 g/mol. The lowest BCUT2D eigenvalue weighted by Crippen LogP contribution is -2.00. The van der Waals surface area contributed by atoms with Gasteiger partial charge in [-0.25, -0.2) is 15.0 Å². The molecule has 2 heterocycles. The summed E-state index contributed by atoms with van der Waals surface area (Å²) in [4.78, 5) is 15.7. The number of nitrogens with zero attached hydrogens (tertiary/aromatic N) is 3. The van der Waals surface area contributed by atoms with E-state index in [9.17, 15) is 0 Å². The van der Waals surface area contributed by atoms with Crippen molar-refractivity contribution in [1.82, 2.24) is 15.0 Å². The number of benzene rings is 10. The van der Waals surface area contributed by atoms with Gasteiger partial charge >= 0.3 is 0 Å². The van der Waals surface area contributed by atoms with Crippen molar-refractivity contribution < 1.29 is 4.42 Å². The highest BCUT2D eigenvalue weighted by atomic mass is 16.3. The molecule has 304 valence electrons. The summed E-state index contributed by atoms with van der Waals surface area (Å²) in [6.45, 7) is 0. The smallest absolute Gasteiger partial charge is 0.164 e. The van der Waals surface area contributed by atoms with E-state index in [1.807, 2.05) is 30.3 Å². The van der Waals surface area contributed by atoms with Gasteiger partial charge in [0.2, 0.25) is 0 Å². The molecule has 4 nitrogen and oxygen atoms in total. The van der Waals surface area contributed by atoms with Gasteiger partial charge in [-0.3, -0.25) is 0 Å². The van der Waals surface area contributed by atoms with Gasteiger partial charge in [0.15, 0.2) is 17.5 Å². The second kappa shape index (κ2) is 16.2. The summed E-state index contributed by atoms with van der Waals surface area (Å²) >= 11 is 0. The zero-order chi connectivity index (χ0) is 43.1. The van der Waals surface area contributed by atoms with Gasteiger partial charge in [-0.1, -0.05) is 218 Å². The maximum atomic E-state index is 6.75. The molecule has 4 heteroatoms. The van der Waals surface area contributed by atoms with Crippen LogP contribution in [0.4, 0.5) is 0 Å². The van der Waals surface area contributed by atoms with Crippen LogP contribution in [0.5, 0.6) is 0 Å². The summed E-state index contributed by atoms with van der Waals surface area (Å²) in [6, 6.07) is 82.9. The van der Waals surface area contributed by atoms with Crippen LogP contribution in [0.1, 0.15) is 0 Å². The number of hydrogen-bond acceptors (Lipinski definition) is 4. The second-order valence-electron chi connectivity index (χ2n) is 16.4. The van der Waals surface area contributed by atoms with Crippen LogP contribution in [-0.4, -0.2) is 15.0 Å². The van der Waals surface area contributed by atoms with E-state index < -0.39 is 0 Å². The van der Waals surface area contributed by atoms with E-state index in [1.54, 1.807) is 0 Å². The van der Waals surface area contributed by atoms with E-state index in [1.165, 1.54) is 33.4 Å². The summed E-state index contributed by atoms with van der Waals surface area (Å²) in [5.74, 6) is 1.78. The fourth-order valence-corrected chi connectivity index (χ4v) is 8.98. The molecule has 0 aliphatic heterocycles. The number of hydrogen-bond donors (Lipinski definition) is 0. The van der Waals surface area contributed by atoms with Crippen molar-refractivity contribution in [3.63, 3.8) is 0 Å². The van der Waals surface area contributed by atoms with Crippen molar-refractivity contribution in [2.45, 2.75) is 0 Å². The third kappa shape index (κ3) is 7.23. The van der Waals surface area contributed by atoms with E-state index in [0.29, 0.717) is 17.5 Å². The third-order valence-electron chi connectivity index (χ3n) is 12.4. The minimum Gasteiger partial charge on any atom is -0.455 e. The molecule has 0 spiro atoms. The Morgan fingerprint density at radius 1 is 0.262 bits per heavy atom. The summed E-state index contributed by atoms with van der Waals surface area (Å²) in [7, 11) is 0. The number of rotatable bonds is 8. The molecule has 2 aromatic heterocycles. The molecule has 0 unspecified atom stereocenters. The van der Waals surface area contributed by atoms with E-state index in [4.69, 9.17) is 19.4 Å². The maximum absolute atomic E-state index is 6.75. The van der Waals surface area contributed by atoms with E-state index in [2.05, 4.69) is 206 Å². The Hall–Kier alpha value is -8.73. The molecule has 12 rings (SSSR count). The van der Waals surface area contributed by atoms with Crippen LogP contribution in [0.2, 0.25) is 0 Å². The van der Waals surface area contributed by atoms with Crippen molar-refractivity contribution in [2.75, 3.05) is 0 Å². The van der Waals surface area contributed by atoms with Crippen molar-refractivity contribution in [1.29, 1.82) is 0 Å². The highest BCUT2D eigenvalue weighted by Gasteiger charge is 2.20. The first-order chi connectivity index (χ1) is 32.2. The lowest BCUT2D eigenvalue weighted by molar-refractivity contribution is 0.670. The predicted octanol–water partition coefficient (Wildman–Crippen LogP) is 16.3. The normalized spacial score (nSPS) is 11.4. The van der Waals surface area contributed by atoms with Gasteiger partial charge < -0.3 is 4.42 Å². The molecule has 0 saturated carbocycles. The molecule has 0 amide bonds. The summed E-state index contributed by atoms with van der Waals surface area (Å²) < 4.78 is 6.75. The fourth-order valence-electron chi connectivity index (χ4n) is 8.98. The van der Waals surface area contributed by atoms with Gasteiger partial charge in [-0.2, -0.15) is 0 Å². The number of fused-ring (bicyclic) bond motifs is 4. The molecule has 0 N–H and O–H groups in total. The topological polar surface area (TPSA) is 51.8 Å². The van der Waals surface area contributed by atoms with E-state index in [0.717, 1.165) is 71.7 Å². The lowest BCUT2D eigenvalue weighted by atomic mass is 9.98. The Morgan fingerprint density at radius 2 is 0.662 bits per heavy atom. The fraction of sp³-hybridized carbons (Fsp3) is 0. The summed E-state index contributed by atoms with van der Waals surface area (Å²) in [5, 5.41) is 4.23. The van der Waals surface area contributed by atoms with Crippen LogP contribution >= 0.6 is 0 Å². The molecule has 65 heavy (non-hydrogen) atoms. The molecule has 0 atom stereocenters. The zero-order valence-corrected chi connectivity index (χ0v) is 35.3. The molecule has 10 aromatic carbocycles. The number of para-hydroxylation sites is 1. The Kier molecular flexibility index (Phi) is 9.46. The van der Waals surface area contributed by atoms with Crippen LogP contribution in [0, 0.1) is 0 Å². The Morgan fingerprint density at radius 3 is 1.23 bits per heavy atom. The van der Waals surface area contributed by atoms with Gasteiger partial charge in [0.1, 0.15) is 11.2 Å². The van der Waals surface area contributed by atoms with Crippen LogP contribution in [0.15, 0.2) is 241 Å². The van der Waals surface area contributed by atoms with Crippen molar-refractivity contribution in [3.05, 3.63) is 237 Å². The van der Waals surface area contributed by atoms with Crippen LogP contribution in [0.3, 0.4) is 0 Å². The van der Waals surface area contributed by atoms with Crippen LogP contribution in [0.25, 0.3) is 123 Å². The molecule has 0 aliphatic carbocycles. The quantitative estimate of drug-likeness (QED) is 0.153. The minimum atomic E-state index is 0.580. The largest absolute Gasteiger partial charge is 0.455 e. The molecule has 0 fully saturated rings. The van der Waals surface area contributed by atoms with E-state index in [-0.39, 0.29) is 0 Å². The lowest BCUT2D eigenvalue weighted by Gasteiger charge is -2.11. The van der Waals surface area contributed by atoms with Gasteiger partial charge in [0.25, 0.3) is 0 Å².